The number of anilines is 2. The summed E-state index contributed by atoms with van der Waals surface area (Å²) in [5.74, 6) is 0.677. The second-order valence-electron chi connectivity index (χ2n) is 8.03. The molecule has 1 aliphatic rings. The molecule has 1 unspecified atom stereocenters. The summed E-state index contributed by atoms with van der Waals surface area (Å²) in [7, 11) is 0. The Hall–Kier alpha value is -4.26. The Balaban J connectivity index is 1.23. The highest BCUT2D eigenvalue weighted by Crippen LogP contribution is 2.26. The lowest BCUT2D eigenvalue weighted by atomic mass is 9.98. The molecule has 6 rings (SSSR count). The first-order chi connectivity index (χ1) is 15.7. The highest BCUT2D eigenvalue weighted by molar-refractivity contribution is 6.02. The van der Waals surface area contributed by atoms with Crippen LogP contribution in [0.15, 0.2) is 84.2 Å². The predicted octanol–water partition coefficient (Wildman–Crippen LogP) is 4.77. The van der Waals surface area contributed by atoms with Gasteiger partial charge in [0.2, 0.25) is 5.95 Å². The van der Waals surface area contributed by atoms with Crippen LogP contribution in [-0.2, 0) is 0 Å². The minimum atomic E-state index is 0.215. The van der Waals surface area contributed by atoms with Gasteiger partial charge in [-0.3, -0.25) is 4.40 Å². The number of hydrazone groups is 1. The monoisotopic (exact) mass is 419 g/mol. The molecule has 0 saturated heterocycles. The number of nitrogens with one attached hydrogen (secondary N) is 2. The largest absolute Gasteiger partial charge is 0.325 e. The fourth-order valence-electron chi connectivity index (χ4n) is 4.08. The molecular formula is C25H21N7. The van der Waals surface area contributed by atoms with E-state index in [9.17, 15) is 0 Å². The summed E-state index contributed by atoms with van der Waals surface area (Å²) < 4.78 is 1.87. The normalized spacial score (nSPS) is 15.7. The first kappa shape index (κ1) is 18.5. The van der Waals surface area contributed by atoms with Crippen molar-refractivity contribution >= 4 is 33.9 Å². The second-order valence-corrected chi connectivity index (χ2v) is 8.03. The van der Waals surface area contributed by atoms with Gasteiger partial charge in [-0.15, -0.1) is 10.2 Å². The molecule has 0 fully saturated rings. The maximum absolute atomic E-state index is 4.76. The van der Waals surface area contributed by atoms with E-state index in [1.54, 1.807) is 6.33 Å². The molecule has 1 atom stereocenters. The molecule has 2 N–H and O–H groups in total. The lowest BCUT2D eigenvalue weighted by molar-refractivity contribution is 0.620. The van der Waals surface area contributed by atoms with Gasteiger partial charge in [0.25, 0.3) is 0 Å². The number of aryl methyl sites for hydroxylation is 1. The first-order valence-corrected chi connectivity index (χ1v) is 10.6. The highest BCUT2D eigenvalue weighted by atomic mass is 15.3. The smallest absolute Gasteiger partial charge is 0.215 e. The van der Waals surface area contributed by atoms with Gasteiger partial charge in [0.1, 0.15) is 6.33 Å². The van der Waals surface area contributed by atoms with Gasteiger partial charge in [0, 0.05) is 17.5 Å². The summed E-state index contributed by atoms with van der Waals surface area (Å²) in [6.45, 7) is 2.10. The summed E-state index contributed by atoms with van der Waals surface area (Å²) in [5.41, 5.74) is 10.6. The predicted molar refractivity (Wildman–Crippen MR) is 126 cm³/mol. The fraction of sp³-hybridized carbons (Fsp3) is 0.120. The van der Waals surface area contributed by atoms with E-state index in [0.29, 0.717) is 5.95 Å². The second kappa shape index (κ2) is 7.46. The van der Waals surface area contributed by atoms with Crippen molar-refractivity contribution in [2.75, 3.05) is 5.32 Å². The van der Waals surface area contributed by atoms with Crippen LogP contribution in [-0.4, -0.2) is 25.3 Å². The molecule has 3 heterocycles. The maximum atomic E-state index is 4.76. The molecule has 1 aliphatic heterocycles. The molecule has 7 heteroatoms. The molecule has 0 aliphatic carbocycles. The van der Waals surface area contributed by atoms with Crippen LogP contribution in [0.4, 0.5) is 11.6 Å². The number of rotatable bonds is 4. The number of benzene rings is 3. The summed E-state index contributed by atoms with van der Waals surface area (Å²) in [4.78, 5) is 4.76. The Bertz CT molecular complexity index is 1450. The van der Waals surface area contributed by atoms with E-state index in [-0.39, 0.29) is 6.04 Å². The number of nitrogens with zero attached hydrogens (tertiary/aromatic N) is 5. The molecule has 0 bridgehead atoms. The van der Waals surface area contributed by atoms with Gasteiger partial charge in [-0.2, -0.15) is 5.10 Å². The third kappa shape index (κ3) is 3.24. The maximum Gasteiger partial charge on any atom is 0.215 e. The van der Waals surface area contributed by atoms with Crippen LogP contribution in [0, 0.1) is 6.92 Å². The zero-order chi connectivity index (χ0) is 21.5. The standard InChI is InChI=1S/C25H21N7/c1-16-6-8-17(9-7-16)22-14-23(30-29-22)18-10-12-19(13-11-18)27-25-28-21-5-3-2-4-20(21)24-31-26-15-32(24)25/h2-13,15,22,29H,14H2,1H3,(H,27,28). The van der Waals surface area contributed by atoms with Gasteiger partial charge in [0.05, 0.1) is 17.3 Å². The van der Waals surface area contributed by atoms with E-state index in [2.05, 4.69) is 69.4 Å². The van der Waals surface area contributed by atoms with Gasteiger partial charge >= 0.3 is 0 Å². The Labute approximate surface area is 184 Å². The molecule has 156 valence electrons. The molecule has 3 aromatic carbocycles. The molecule has 0 saturated carbocycles. The Morgan fingerprint density at radius 1 is 0.969 bits per heavy atom. The minimum Gasteiger partial charge on any atom is -0.325 e. The minimum absolute atomic E-state index is 0.215. The molecule has 2 aromatic heterocycles. The van der Waals surface area contributed by atoms with E-state index in [1.807, 2.05) is 40.8 Å². The summed E-state index contributed by atoms with van der Waals surface area (Å²) in [6, 6.07) is 25.0. The van der Waals surface area contributed by atoms with Gasteiger partial charge in [-0.1, -0.05) is 54.1 Å². The van der Waals surface area contributed by atoms with Gasteiger partial charge < -0.3 is 10.7 Å². The van der Waals surface area contributed by atoms with Gasteiger partial charge in [-0.05, 0) is 42.3 Å². The van der Waals surface area contributed by atoms with Crippen LogP contribution in [0.1, 0.15) is 29.2 Å². The average molecular weight is 419 g/mol. The quantitative estimate of drug-likeness (QED) is 0.439. The highest BCUT2D eigenvalue weighted by Gasteiger charge is 2.21. The zero-order valence-corrected chi connectivity index (χ0v) is 17.5. The number of hydrogen-bond donors (Lipinski definition) is 2. The molecule has 5 aromatic rings. The van der Waals surface area contributed by atoms with Crippen LogP contribution in [0.25, 0.3) is 16.6 Å². The van der Waals surface area contributed by atoms with Gasteiger partial charge in [0.15, 0.2) is 5.65 Å². The summed E-state index contributed by atoms with van der Waals surface area (Å²) >= 11 is 0. The SMILES string of the molecule is Cc1ccc(C2CC(c3ccc(Nc4nc5ccccc5c5nncn45)cc3)=NN2)cc1. The van der Waals surface area contributed by atoms with Crippen molar-refractivity contribution in [1.29, 1.82) is 0 Å². The fourth-order valence-corrected chi connectivity index (χ4v) is 4.08. The summed E-state index contributed by atoms with van der Waals surface area (Å²) in [6.07, 6.45) is 2.54. The first-order valence-electron chi connectivity index (χ1n) is 10.6. The number of aromatic nitrogens is 4. The molecule has 0 amide bonds. The van der Waals surface area contributed by atoms with Crippen molar-refractivity contribution < 1.29 is 0 Å². The molecule has 32 heavy (non-hydrogen) atoms. The lowest BCUT2D eigenvalue weighted by Gasteiger charge is -2.11. The molecule has 0 radical (unpaired) electrons. The van der Waals surface area contributed by atoms with Crippen LogP contribution >= 0.6 is 0 Å². The van der Waals surface area contributed by atoms with Crippen molar-refractivity contribution in [3.8, 4) is 0 Å². The van der Waals surface area contributed by atoms with Crippen molar-refractivity contribution in [3.05, 3.63) is 95.8 Å². The molecule has 7 nitrogen and oxygen atoms in total. The molecule has 0 spiro atoms. The Morgan fingerprint density at radius 3 is 2.62 bits per heavy atom. The lowest BCUT2D eigenvalue weighted by Crippen LogP contribution is -2.09. The average Bonchev–Trinajstić information content (AvgIpc) is 3.51. The summed E-state index contributed by atoms with van der Waals surface area (Å²) in [5, 5.41) is 17.3. The van der Waals surface area contributed by atoms with Crippen LogP contribution in [0.2, 0.25) is 0 Å². The number of fused-ring (bicyclic) bond motifs is 3. The van der Waals surface area contributed by atoms with Crippen molar-refractivity contribution in [2.24, 2.45) is 5.10 Å². The van der Waals surface area contributed by atoms with E-state index in [4.69, 9.17) is 4.98 Å². The van der Waals surface area contributed by atoms with E-state index >= 15 is 0 Å². The van der Waals surface area contributed by atoms with E-state index in [1.165, 1.54) is 11.1 Å². The van der Waals surface area contributed by atoms with Gasteiger partial charge in [-0.25, -0.2) is 4.98 Å². The number of para-hydroxylation sites is 1. The van der Waals surface area contributed by atoms with E-state index in [0.717, 1.165) is 39.9 Å². The Morgan fingerprint density at radius 2 is 1.78 bits per heavy atom. The van der Waals surface area contributed by atoms with Crippen LogP contribution in [0.3, 0.4) is 0 Å². The Kier molecular flexibility index (Phi) is 4.31. The third-order valence-electron chi connectivity index (χ3n) is 5.85. The van der Waals surface area contributed by atoms with Crippen LogP contribution < -0.4 is 10.7 Å². The molecular weight excluding hydrogens is 398 g/mol. The zero-order valence-electron chi connectivity index (χ0n) is 17.5. The van der Waals surface area contributed by atoms with Crippen molar-refractivity contribution in [2.45, 2.75) is 19.4 Å². The third-order valence-corrected chi connectivity index (χ3v) is 5.85. The van der Waals surface area contributed by atoms with Crippen molar-refractivity contribution in [1.82, 2.24) is 25.0 Å². The van der Waals surface area contributed by atoms with Crippen LogP contribution in [0.5, 0.6) is 0 Å². The topological polar surface area (TPSA) is 79.5 Å². The van der Waals surface area contributed by atoms with E-state index < -0.39 is 0 Å². The van der Waals surface area contributed by atoms with Crippen molar-refractivity contribution in [3.63, 3.8) is 0 Å². The number of hydrogen-bond acceptors (Lipinski definition) is 6.